The van der Waals surface area contributed by atoms with E-state index in [1.807, 2.05) is 4.90 Å². The lowest BCUT2D eigenvalue weighted by Crippen LogP contribution is -2.50. The molecule has 2 aliphatic heterocycles. The fraction of sp³-hybridized carbons (Fsp3) is 0.667. The van der Waals surface area contributed by atoms with Gasteiger partial charge in [0, 0.05) is 18.9 Å². The molecule has 92 valence electrons. The van der Waals surface area contributed by atoms with Crippen LogP contribution in [0.5, 0.6) is 0 Å². The molecule has 0 aliphatic carbocycles. The average molecular weight is 234 g/mol. The van der Waals surface area contributed by atoms with Crippen molar-refractivity contribution in [2.24, 2.45) is 0 Å². The predicted molar refractivity (Wildman–Crippen MR) is 63.8 cm³/mol. The molecule has 1 spiro atoms. The summed E-state index contributed by atoms with van der Waals surface area (Å²) in [5.41, 5.74) is -0.151. The van der Waals surface area contributed by atoms with E-state index in [1.165, 1.54) is 0 Å². The Hall–Kier alpha value is -1.36. The molecule has 1 amide bonds. The summed E-state index contributed by atoms with van der Waals surface area (Å²) < 4.78 is 1.72. The summed E-state index contributed by atoms with van der Waals surface area (Å²) in [6.07, 6.45) is 6.45. The van der Waals surface area contributed by atoms with Gasteiger partial charge in [0.15, 0.2) is 0 Å². The molecule has 1 aromatic rings. The van der Waals surface area contributed by atoms with Crippen LogP contribution >= 0.6 is 0 Å². The van der Waals surface area contributed by atoms with Crippen molar-refractivity contribution in [2.75, 3.05) is 19.6 Å². The van der Waals surface area contributed by atoms with E-state index in [0.717, 1.165) is 44.7 Å². The highest BCUT2D eigenvalue weighted by molar-refractivity contribution is 5.82. The van der Waals surface area contributed by atoms with Gasteiger partial charge in [-0.1, -0.05) is 6.92 Å². The first-order chi connectivity index (χ1) is 8.29. The van der Waals surface area contributed by atoms with Crippen molar-refractivity contribution >= 4 is 6.03 Å². The first-order valence-electron chi connectivity index (χ1n) is 6.36. The van der Waals surface area contributed by atoms with E-state index in [1.54, 1.807) is 17.0 Å². The quantitative estimate of drug-likeness (QED) is 0.835. The van der Waals surface area contributed by atoms with Crippen molar-refractivity contribution in [3.8, 4) is 0 Å². The van der Waals surface area contributed by atoms with E-state index in [0.29, 0.717) is 0 Å². The molecule has 1 N–H and O–H groups in total. The maximum atomic E-state index is 12.3. The smallest absolute Gasteiger partial charge is 0.317 e. The third kappa shape index (κ3) is 1.35. The maximum absolute atomic E-state index is 12.3. The molecule has 0 bridgehead atoms. The SMILES string of the molecule is CCCN1C(=O)n2ccnc2C12CCNCC2. The molecule has 0 aromatic carbocycles. The van der Waals surface area contributed by atoms with Gasteiger partial charge in [-0.15, -0.1) is 0 Å². The Morgan fingerprint density at radius 3 is 2.94 bits per heavy atom. The maximum Gasteiger partial charge on any atom is 0.330 e. The second kappa shape index (κ2) is 3.84. The second-order valence-corrected chi connectivity index (χ2v) is 4.84. The van der Waals surface area contributed by atoms with E-state index >= 15 is 0 Å². The van der Waals surface area contributed by atoms with Crippen LogP contribution in [-0.4, -0.2) is 40.1 Å². The van der Waals surface area contributed by atoms with Crippen LogP contribution in [0.2, 0.25) is 0 Å². The van der Waals surface area contributed by atoms with Crippen molar-refractivity contribution < 1.29 is 4.79 Å². The van der Waals surface area contributed by atoms with Gasteiger partial charge >= 0.3 is 6.03 Å². The lowest BCUT2D eigenvalue weighted by molar-refractivity contribution is 0.101. The Morgan fingerprint density at radius 2 is 2.24 bits per heavy atom. The number of carbonyl (C=O) groups is 1. The lowest BCUT2D eigenvalue weighted by Gasteiger charge is -2.40. The highest BCUT2D eigenvalue weighted by atomic mass is 16.2. The molecule has 0 radical (unpaired) electrons. The minimum Gasteiger partial charge on any atom is -0.317 e. The molecule has 1 fully saturated rings. The van der Waals surface area contributed by atoms with E-state index in [2.05, 4.69) is 17.2 Å². The minimum absolute atomic E-state index is 0.0984. The molecule has 5 heteroatoms. The van der Waals surface area contributed by atoms with Crippen LogP contribution in [0.1, 0.15) is 32.0 Å². The number of fused-ring (bicyclic) bond motifs is 2. The number of hydrogen-bond acceptors (Lipinski definition) is 3. The first-order valence-corrected chi connectivity index (χ1v) is 6.36. The summed E-state index contributed by atoms with van der Waals surface area (Å²) in [4.78, 5) is 18.8. The molecule has 1 saturated heterocycles. The van der Waals surface area contributed by atoms with Crippen LogP contribution in [-0.2, 0) is 5.54 Å². The summed E-state index contributed by atoms with van der Waals surface area (Å²) in [5.74, 6) is 0.942. The highest BCUT2D eigenvalue weighted by Crippen LogP contribution is 2.41. The molecule has 0 saturated carbocycles. The van der Waals surface area contributed by atoms with Crippen LogP contribution in [0.25, 0.3) is 0 Å². The zero-order chi connectivity index (χ0) is 11.9. The van der Waals surface area contributed by atoms with Gasteiger partial charge in [-0.3, -0.25) is 4.57 Å². The summed E-state index contributed by atoms with van der Waals surface area (Å²) in [6, 6.07) is 0.0984. The van der Waals surface area contributed by atoms with Gasteiger partial charge in [-0.2, -0.15) is 0 Å². The summed E-state index contributed by atoms with van der Waals surface area (Å²) in [5, 5.41) is 3.36. The number of piperidine rings is 1. The number of nitrogens with one attached hydrogen (secondary N) is 1. The van der Waals surface area contributed by atoms with Crippen LogP contribution in [0.15, 0.2) is 12.4 Å². The van der Waals surface area contributed by atoms with Crippen molar-refractivity contribution in [3.05, 3.63) is 18.2 Å². The molecule has 3 heterocycles. The first kappa shape index (κ1) is 10.8. The molecule has 0 unspecified atom stereocenters. The summed E-state index contributed by atoms with van der Waals surface area (Å²) >= 11 is 0. The van der Waals surface area contributed by atoms with Gasteiger partial charge in [0.2, 0.25) is 0 Å². The standard InChI is InChI=1S/C12H18N4O/c1-2-8-16-11(17)15-9-7-14-10(15)12(16)3-5-13-6-4-12/h7,9,13H,2-6,8H2,1H3. The van der Waals surface area contributed by atoms with Gasteiger partial charge in [-0.05, 0) is 32.4 Å². The number of aromatic nitrogens is 2. The Kier molecular flexibility index (Phi) is 2.43. The van der Waals surface area contributed by atoms with Crippen molar-refractivity contribution in [2.45, 2.75) is 31.7 Å². The van der Waals surface area contributed by atoms with Crippen molar-refractivity contribution in [3.63, 3.8) is 0 Å². The Labute approximate surface area is 101 Å². The fourth-order valence-corrected chi connectivity index (χ4v) is 3.10. The molecule has 17 heavy (non-hydrogen) atoms. The van der Waals surface area contributed by atoms with Crippen LogP contribution in [0.4, 0.5) is 4.79 Å². The number of hydrogen-bond donors (Lipinski definition) is 1. The van der Waals surface area contributed by atoms with Gasteiger partial charge in [0.1, 0.15) is 11.4 Å². The summed E-state index contributed by atoms with van der Waals surface area (Å²) in [6.45, 7) is 4.85. The zero-order valence-electron chi connectivity index (χ0n) is 10.1. The molecular weight excluding hydrogens is 216 g/mol. The molecule has 5 nitrogen and oxygen atoms in total. The Morgan fingerprint density at radius 1 is 1.47 bits per heavy atom. The number of rotatable bonds is 2. The van der Waals surface area contributed by atoms with Gasteiger partial charge in [-0.25, -0.2) is 9.78 Å². The summed E-state index contributed by atoms with van der Waals surface area (Å²) in [7, 11) is 0. The normalized spacial score (nSPS) is 22.2. The van der Waals surface area contributed by atoms with Crippen LogP contribution in [0, 0.1) is 0 Å². The molecule has 2 aliphatic rings. The van der Waals surface area contributed by atoms with Gasteiger partial charge in [0.25, 0.3) is 0 Å². The molecular formula is C12H18N4O. The van der Waals surface area contributed by atoms with Gasteiger partial charge in [0.05, 0.1) is 0 Å². The highest BCUT2D eigenvalue weighted by Gasteiger charge is 2.50. The van der Waals surface area contributed by atoms with Crippen LogP contribution < -0.4 is 5.32 Å². The van der Waals surface area contributed by atoms with Crippen molar-refractivity contribution in [1.82, 2.24) is 19.8 Å². The molecule has 1 aromatic heterocycles. The van der Waals surface area contributed by atoms with Crippen LogP contribution in [0.3, 0.4) is 0 Å². The lowest BCUT2D eigenvalue weighted by atomic mass is 9.86. The van der Waals surface area contributed by atoms with E-state index in [-0.39, 0.29) is 11.6 Å². The van der Waals surface area contributed by atoms with Gasteiger partial charge < -0.3 is 10.2 Å². The average Bonchev–Trinajstić information content (AvgIpc) is 2.91. The number of carbonyl (C=O) groups excluding carboxylic acids is 1. The van der Waals surface area contributed by atoms with Crippen molar-refractivity contribution in [1.29, 1.82) is 0 Å². The van der Waals surface area contributed by atoms with E-state index in [9.17, 15) is 4.79 Å². The largest absolute Gasteiger partial charge is 0.330 e. The Bertz CT molecular complexity index is 433. The molecule has 0 atom stereocenters. The third-order valence-electron chi connectivity index (χ3n) is 3.89. The molecule has 3 rings (SSSR count). The third-order valence-corrected chi connectivity index (χ3v) is 3.89. The minimum atomic E-state index is -0.151. The number of amides is 1. The Balaban J connectivity index is 2.05. The topological polar surface area (TPSA) is 50.2 Å². The zero-order valence-corrected chi connectivity index (χ0v) is 10.1. The number of nitrogens with zero attached hydrogens (tertiary/aromatic N) is 3. The van der Waals surface area contributed by atoms with E-state index in [4.69, 9.17) is 0 Å². The number of imidazole rings is 1. The predicted octanol–water partition coefficient (Wildman–Crippen LogP) is 1.16. The fourth-order valence-electron chi connectivity index (χ4n) is 3.10. The second-order valence-electron chi connectivity index (χ2n) is 4.84. The monoisotopic (exact) mass is 234 g/mol. The van der Waals surface area contributed by atoms with E-state index < -0.39 is 0 Å².